The normalized spacial score (nSPS) is 14.7. The van der Waals surface area contributed by atoms with Gasteiger partial charge in [0, 0.05) is 63.9 Å². The zero-order valence-corrected chi connectivity index (χ0v) is 19.3. The number of carbonyl (C=O) groups is 2. The molecule has 1 aromatic heterocycles. The van der Waals surface area contributed by atoms with Crippen molar-refractivity contribution in [3.63, 3.8) is 0 Å². The molecule has 1 saturated heterocycles. The summed E-state index contributed by atoms with van der Waals surface area (Å²) in [7, 11) is 1.64. The van der Waals surface area contributed by atoms with Gasteiger partial charge in [0.15, 0.2) is 0 Å². The molecule has 0 bridgehead atoms. The molecule has 1 fully saturated rings. The average molecular weight is 494 g/mol. The minimum atomic E-state index is -0.152. The number of benzene rings is 1. The number of fused-ring (bicyclic) bond motifs is 1. The molecule has 0 spiro atoms. The fraction of sp³-hybridized carbons (Fsp3) is 0.524. The summed E-state index contributed by atoms with van der Waals surface area (Å²) in [5.74, 6) is -0.00407. The summed E-state index contributed by atoms with van der Waals surface area (Å²) in [6.07, 6.45) is 2.52. The van der Waals surface area contributed by atoms with Gasteiger partial charge in [0.25, 0.3) is 5.56 Å². The maximum atomic E-state index is 12.7. The van der Waals surface area contributed by atoms with Gasteiger partial charge in [-0.25, -0.2) is 4.98 Å². The highest BCUT2D eigenvalue weighted by molar-refractivity contribution is 9.10. The van der Waals surface area contributed by atoms with Crippen molar-refractivity contribution in [2.45, 2.75) is 19.4 Å². The molecular formula is C21H28BrN5O4. The molecule has 1 aliphatic rings. The summed E-state index contributed by atoms with van der Waals surface area (Å²) in [5, 5.41) is 3.40. The van der Waals surface area contributed by atoms with Crippen LogP contribution < -0.4 is 10.9 Å². The van der Waals surface area contributed by atoms with Crippen molar-refractivity contribution >= 4 is 38.6 Å². The smallest absolute Gasteiger partial charge is 0.261 e. The number of ether oxygens (including phenoxy) is 1. The molecule has 2 amide bonds. The zero-order valence-electron chi connectivity index (χ0n) is 17.7. The Morgan fingerprint density at radius 1 is 1.23 bits per heavy atom. The number of nitrogens with one attached hydrogen (secondary N) is 1. The van der Waals surface area contributed by atoms with E-state index in [0.717, 1.165) is 10.9 Å². The van der Waals surface area contributed by atoms with Gasteiger partial charge in [-0.05, 0) is 24.6 Å². The molecule has 2 aromatic rings. The van der Waals surface area contributed by atoms with E-state index in [2.05, 4.69) is 26.2 Å². The fourth-order valence-electron chi connectivity index (χ4n) is 3.52. The van der Waals surface area contributed by atoms with Crippen molar-refractivity contribution in [3.05, 3.63) is 39.4 Å². The van der Waals surface area contributed by atoms with E-state index in [1.165, 1.54) is 10.9 Å². The molecule has 3 rings (SSSR count). The zero-order chi connectivity index (χ0) is 22.2. The van der Waals surface area contributed by atoms with Gasteiger partial charge < -0.3 is 15.0 Å². The van der Waals surface area contributed by atoms with Crippen LogP contribution >= 0.6 is 15.9 Å². The number of aryl methyl sites for hydroxylation is 1. The molecule has 1 aliphatic heterocycles. The molecular weight excluding hydrogens is 466 g/mol. The number of amides is 2. The van der Waals surface area contributed by atoms with Crippen LogP contribution in [0.1, 0.15) is 12.8 Å². The Labute approximate surface area is 189 Å². The molecule has 0 atom stereocenters. The van der Waals surface area contributed by atoms with Gasteiger partial charge in [0.1, 0.15) is 0 Å². The third-order valence-electron chi connectivity index (χ3n) is 5.29. The Morgan fingerprint density at radius 3 is 2.74 bits per heavy atom. The van der Waals surface area contributed by atoms with Gasteiger partial charge in [-0.2, -0.15) is 0 Å². The Bertz CT molecular complexity index is 972. The minimum absolute atomic E-state index is 0.00454. The minimum Gasteiger partial charge on any atom is -0.385 e. The first-order valence-corrected chi connectivity index (χ1v) is 11.2. The molecule has 10 heteroatoms. The predicted molar refractivity (Wildman–Crippen MR) is 121 cm³/mol. The first-order chi connectivity index (χ1) is 15.0. The summed E-state index contributed by atoms with van der Waals surface area (Å²) in [5.41, 5.74) is 0.482. The lowest BCUT2D eigenvalue weighted by molar-refractivity contribution is -0.133. The van der Waals surface area contributed by atoms with Crippen LogP contribution in [0.2, 0.25) is 0 Å². The van der Waals surface area contributed by atoms with Gasteiger partial charge in [-0.1, -0.05) is 15.9 Å². The van der Waals surface area contributed by atoms with E-state index in [1.54, 1.807) is 24.1 Å². The van der Waals surface area contributed by atoms with E-state index in [-0.39, 0.29) is 30.3 Å². The highest BCUT2D eigenvalue weighted by atomic mass is 79.9. The van der Waals surface area contributed by atoms with Gasteiger partial charge >= 0.3 is 0 Å². The number of aromatic nitrogens is 2. The van der Waals surface area contributed by atoms with Crippen LogP contribution in [0.5, 0.6) is 0 Å². The van der Waals surface area contributed by atoms with Gasteiger partial charge in [0.05, 0.1) is 23.8 Å². The number of piperazine rings is 1. The van der Waals surface area contributed by atoms with Crippen LogP contribution in [0.3, 0.4) is 0 Å². The second kappa shape index (κ2) is 11.4. The van der Waals surface area contributed by atoms with Gasteiger partial charge in [-0.3, -0.25) is 23.9 Å². The van der Waals surface area contributed by atoms with Crippen LogP contribution in [-0.4, -0.2) is 84.2 Å². The molecule has 31 heavy (non-hydrogen) atoms. The molecule has 0 saturated carbocycles. The third kappa shape index (κ3) is 6.59. The first-order valence-electron chi connectivity index (χ1n) is 10.4. The number of carbonyl (C=O) groups excluding carboxylic acids is 2. The molecule has 9 nitrogen and oxygen atoms in total. The van der Waals surface area contributed by atoms with E-state index >= 15 is 0 Å². The molecule has 168 valence electrons. The number of rotatable bonds is 9. The molecule has 2 heterocycles. The van der Waals surface area contributed by atoms with Crippen molar-refractivity contribution in [2.75, 3.05) is 53.0 Å². The Morgan fingerprint density at radius 2 is 2.00 bits per heavy atom. The third-order valence-corrected chi connectivity index (χ3v) is 5.79. The molecule has 1 aromatic carbocycles. The molecule has 0 radical (unpaired) electrons. The number of hydrogen-bond acceptors (Lipinski definition) is 6. The summed E-state index contributed by atoms with van der Waals surface area (Å²) >= 11 is 3.37. The van der Waals surface area contributed by atoms with E-state index in [0.29, 0.717) is 56.8 Å². The summed E-state index contributed by atoms with van der Waals surface area (Å²) in [4.78, 5) is 45.4. The molecule has 0 aliphatic carbocycles. The maximum Gasteiger partial charge on any atom is 0.261 e. The van der Waals surface area contributed by atoms with Gasteiger partial charge in [-0.15, -0.1) is 0 Å². The van der Waals surface area contributed by atoms with Crippen LogP contribution in [0.25, 0.3) is 10.9 Å². The van der Waals surface area contributed by atoms with E-state index in [4.69, 9.17) is 4.74 Å². The highest BCUT2D eigenvalue weighted by Gasteiger charge is 2.22. The van der Waals surface area contributed by atoms with Crippen LogP contribution in [0, 0.1) is 0 Å². The average Bonchev–Trinajstić information content (AvgIpc) is 2.77. The van der Waals surface area contributed by atoms with E-state index in [9.17, 15) is 14.4 Å². The number of hydrogen-bond donors (Lipinski definition) is 1. The van der Waals surface area contributed by atoms with Crippen molar-refractivity contribution in [1.29, 1.82) is 0 Å². The number of halogens is 1. The predicted octanol–water partition coefficient (Wildman–Crippen LogP) is 0.846. The van der Waals surface area contributed by atoms with Crippen LogP contribution in [-0.2, 0) is 20.9 Å². The Balaban J connectivity index is 1.44. The highest BCUT2D eigenvalue weighted by Crippen LogP contribution is 2.15. The largest absolute Gasteiger partial charge is 0.385 e. The monoisotopic (exact) mass is 493 g/mol. The van der Waals surface area contributed by atoms with Crippen LogP contribution in [0.15, 0.2) is 33.8 Å². The number of methoxy groups -OCH3 is 1. The van der Waals surface area contributed by atoms with Crippen molar-refractivity contribution in [1.82, 2.24) is 24.7 Å². The first kappa shape index (κ1) is 23.4. The number of nitrogens with zero attached hydrogens (tertiary/aromatic N) is 4. The standard InChI is InChI=1S/C21H28BrN5O4/c1-31-12-2-6-23-19(28)14-25-8-10-26(11-9-25)20(29)5-7-27-15-24-18-4-3-16(22)13-17(18)21(27)30/h3-4,13,15H,2,5-12,14H2,1H3,(H,23,28). The van der Waals surface area contributed by atoms with Crippen molar-refractivity contribution in [2.24, 2.45) is 0 Å². The molecule has 1 N–H and O–H groups in total. The van der Waals surface area contributed by atoms with E-state index < -0.39 is 0 Å². The van der Waals surface area contributed by atoms with Crippen molar-refractivity contribution < 1.29 is 14.3 Å². The lowest BCUT2D eigenvalue weighted by Gasteiger charge is -2.34. The SMILES string of the molecule is COCCCNC(=O)CN1CCN(C(=O)CCn2cnc3ccc(Br)cc3c2=O)CC1. The lowest BCUT2D eigenvalue weighted by Crippen LogP contribution is -2.51. The maximum absolute atomic E-state index is 12.7. The topological polar surface area (TPSA) is 96.8 Å². The summed E-state index contributed by atoms with van der Waals surface area (Å²) in [6.45, 7) is 4.32. The fourth-order valence-corrected chi connectivity index (χ4v) is 3.88. The second-order valence-electron chi connectivity index (χ2n) is 7.51. The Hall–Kier alpha value is -2.30. The Kier molecular flexibility index (Phi) is 8.56. The second-order valence-corrected chi connectivity index (χ2v) is 8.42. The summed E-state index contributed by atoms with van der Waals surface area (Å²) < 4.78 is 7.26. The lowest BCUT2D eigenvalue weighted by atomic mass is 10.2. The van der Waals surface area contributed by atoms with Gasteiger partial charge in [0.2, 0.25) is 11.8 Å². The van der Waals surface area contributed by atoms with E-state index in [1.807, 2.05) is 11.0 Å². The van der Waals surface area contributed by atoms with Crippen molar-refractivity contribution in [3.8, 4) is 0 Å². The van der Waals surface area contributed by atoms with Crippen LogP contribution in [0.4, 0.5) is 0 Å². The summed E-state index contributed by atoms with van der Waals surface area (Å²) in [6, 6.07) is 5.37. The molecule has 0 unspecified atom stereocenters. The quantitative estimate of drug-likeness (QED) is 0.520.